The fourth-order valence-electron chi connectivity index (χ4n) is 1.39. The second-order valence-electron chi connectivity index (χ2n) is 3.33. The van der Waals surface area contributed by atoms with Crippen molar-refractivity contribution in [1.29, 1.82) is 0 Å². The van der Waals surface area contributed by atoms with Crippen LogP contribution in [0.4, 0.5) is 0 Å². The van der Waals surface area contributed by atoms with Crippen LogP contribution in [0.25, 0.3) is 0 Å². The number of rotatable bonds is 3. The summed E-state index contributed by atoms with van der Waals surface area (Å²) in [6, 6.07) is 8.80. The Morgan fingerprint density at radius 3 is 2.29 bits per heavy atom. The molecule has 0 bridgehead atoms. The third-order valence-electron chi connectivity index (χ3n) is 2.00. The predicted octanol–water partition coefficient (Wildman–Crippen LogP) is 0.0521. The molecule has 0 aliphatic carbocycles. The van der Waals surface area contributed by atoms with Crippen LogP contribution in [0.15, 0.2) is 40.6 Å². The average Bonchev–Trinajstić information content (AvgIpc) is 2.60. The first-order chi connectivity index (χ1) is 7.91. The molecule has 17 heavy (non-hydrogen) atoms. The molecule has 1 atom stereocenters. The van der Waals surface area contributed by atoms with Gasteiger partial charge in [-0.2, -0.15) is 14.0 Å². The molecule has 0 spiro atoms. The van der Waals surface area contributed by atoms with Crippen LogP contribution < -0.4 is 14.0 Å². The van der Waals surface area contributed by atoms with Crippen molar-refractivity contribution in [2.45, 2.75) is 11.2 Å². The second kappa shape index (κ2) is 4.81. The van der Waals surface area contributed by atoms with E-state index in [4.69, 9.17) is 4.29 Å². The molecule has 1 heterocycles. The van der Waals surface area contributed by atoms with Crippen LogP contribution in [0, 0.1) is 10.2 Å². The van der Waals surface area contributed by atoms with Crippen LogP contribution >= 0.6 is 23.5 Å². The fourth-order valence-corrected chi connectivity index (χ4v) is 4.80. The number of allylic oxidation sites excluding steroid dienone is 1. The van der Waals surface area contributed by atoms with E-state index in [1.165, 1.54) is 23.5 Å². The number of benzene rings is 1. The Hall–Kier alpha value is -0.210. The summed E-state index contributed by atoms with van der Waals surface area (Å²) < 4.78 is 35.9. The first kappa shape index (κ1) is 13.2. The Balaban J connectivity index is 2.33. The van der Waals surface area contributed by atoms with Crippen molar-refractivity contribution in [3.8, 4) is 0 Å². The van der Waals surface area contributed by atoms with Crippen LogP contribution in [0.1, 0.15) is 12.5 Å². The van der Waals surface area contributed by atoms with E-state index in [-0.39, 0.29) is 0 Å². The number of hydrogen-bond acceptors (Lipinski definition) is 6. The normalized spacial score (nSPS) is 24.8. The highest BCUT2D eigenvalue weighted by Crippen LogP contribution is 2.57. The van der Waals surface area contributed by atoms with Gasteiger partial charge in [0, 0.05) is 5.56 Å². The largest absolute Gasteiger partial charge is 0.348 e. The van der Waals surface area contributed by atoms with Gasteiger partial charge < -0.3 is 0 Å². The summed E-state index contributed by atoms with van der Waals surface area (Å²) in [6.45, 7) is 1.83. The van der Waals surface area contributed by atoms with E-state index in [1.807, 2.05) is 13.0 Å². The molecule has 4 nitrogen and oxygen atoms in total. The van der Waals surface area contributed by atoms with Crippen molar-refractivity contribution in [2.75, 3.05) is 0 Å². The first-order valence-corrected chi connectivity index (χ1v) is 7.55. The van der Waals surface area contributed by atoms with Crippen molar-refractivity contribution < 1.29 is 28.5 Å². The van der Waals surface area contributed by atoms with Crippen molar-refractivity contribution in [1.82, 2.24) is 0 Å². The topological polar surface area (TPSA) is 78.4 Å². The molecule has 2 rings (SSSR count). The van der Waals surface area contributed by atoms with E-state index in [2.05, 4.69) is 0 Å². The third-order valence-corrected chi connectivity index (χ3v) is 5.42. The second-order valence-corrected chi connectivity index (χ2v) is 6.96. The summed E-state index contributed by atoms with van der Waals surface area (Å²) in [6.07, 6.45) is 0. The minimum atomic E-state index is -4.48. The van der Waals surface area contributed by atoms with Gasteiger partial charge in [0.1, 0.15) is 4.29 Å². The van der Waals surface area contributed by atoms with Crippen LogP contribution in [0.5, 0.6) is 0 Å². The smallest absolute Gasteiger partial charge is 0.183 e. The molecule has 1 aliphatic rings. The average molecular weight is 293 g/mol. The van der Waals surface area contributed by atoms with Gasteiger partial charge in [0.25, 0.3) is 0 Å². The summed E-state index contributed by atoms with van der Waals surface area (Å²) in [5.74, 6) is 0. The van der Waals surface area contributed by atoms with Crippen molar-refractivity contribution in [2.24, 2.45) is 0 Å². The van der Waals surface area contributed by atoms with Gasteiger partial charge in [-0.15, -0.1) is 0 Å². The van der Waals surface area contributed by atoms with Gasteiger partial charge in [-0.1, -0.05) is 53.9 Å². The van der Waals surface area contributed by atoms with Crippen LogP contribution in [0.2, 0.25) is 0 Å². The summed E-state index contributed by atoms with van der Waals surface area (Å²) in [4.78, 5) is 0.901. The zero-order valence-corrected chi connectivity index (χ0v) is 11.2. The lowest BCUT2D eigenvalue weighted by Gasteiger charge is -2.24. The molecule has 0 fully saturated rings. The zero-order chi connectivity index (χ0) is 12.5. The Morgan fingerprint density at radius 1 is 1.18 bits per heavy atom. The minimum absolute atomic E-state index is 0.634. The van der Waals surface area contributed by atoms with E-state index < -0.39 is 14.5 Å². The van der Waals surface area contributed by atoms with Crippen molar-refractivity contribution in [3.05, 3.63) is 46.2 Å². The first-order valence-electron chi connectivity index (χ1n) is 4.62. The monoisotopic (exact) mass is 292 g/mol. The quantitative estimate of drug-likeness (QED) is 0.783. The molecule has 1 unspecified atom stereocenters. The predicted molar refractivity (Wildman–Crippen MR) is 58.1 cm³/mol. The molecule has 0 aromatic heterocycles. The lowest BCUT2D eigenvalue weighted by molar-refractivity contribution is -1.92. The molecule has 0 N–H and O–H groups in total. The Labute approximate surface area is 109 Å². The summed E-state index contributed by atoms with van der Waals surface area (Å²) in [5, 5.41) is 1.78. The van der Waals surface area contributed by atoms with Crippen molar-refractivity contribution in [3.63, 3.8) is 0 Å². The van der Waals surface area contributed by atoms with Crippen molar-refractivity contribution >= 4 is 23.5 Å². The van der Waals surface area contributed by atoms with Crippen LogP contribution in [0.3, 0.4) is 0 Å². The maximum Gasteiger partial charge on any atom is 0.348 e. The van der Waals surface area contributed by atoms with Gasteiger partial charge in [0.05, 0.1) is 10.2 Å². The molecular weight excluding hydrogens is 284 g/mol. The van der Waals surface area contributed by atoms with E-state index in [0.717, 1.165) is 4.91 Å². The molecule has 0 saturated carbocycles. The highest BCUT2D eigenvalue weighted by molar-refractivity contribution is 8.23. The molecule has 92 valence electrons. The lowest BCUT2D eigenvalue weighted by atomic mass is 10.2. The molecule has 7 heteroatoms. The molecule has 1 aliphatic heterocycles. The maximum absolute atomic E-state index is 10.8. The zero-order valence-electron chi connectivity index (χ0n) is 8.79. The highest BCUT2D eigenvalue weighted by Gasteiger charge is 2.52. The molecule has 0 saturated heterocycles. The van der Waals surface area contributed by atoms with Gasteiger partial charge in [-0.25, -0.2) is 0 Å². The van der Waals surface area contributed by atoms with Gasteiger partial charge in [0.15, 0.2) is 0 Å². The third kappa shape index (κ3) is 3.17. The number of halogens is 1. The highest BCUT2D eigenvalue weighted by atomic mass is 35.7. The Bertz CT molecular complexity index is 432. The van der Waals surface area contributed by atoms with E-state index in [9.17, 15) is 14.0 Å². The summed E-state index contributed by atoms with van der Waals surface area (Å²) in [7, 11) is -4.48. The summed E-state index contributed by atoms with van der Waals surface area (Å²) >= 11 is 2.38. The molecular formula is C10H9ClO4S2. The Morgan fingerprint density at radius 2 is 1.82 bits per heavy atom. The van der Waals surface area contributed by atoms with E-state index in [1.54, 1.807) is 29.7 Å². The van der Waals surface area contributed by atoms with Gasteiger partial charge in [-0.05, 0) is 17.2 Å². The standard InChI is InChI=1S/C10H9ClO4S2/c1-8-7-16-10(17-8,15-11(12,13)14)9-5-3-2-4-6-9/h2-7H,1H3. The molecule has 1 aromatic carbocycles. The molecule has 1 aromatic rings. The fraction of sp³-hybridized carbons (Fsp3) is 0.200. The number of thioether (sulfide) groups is 2. The summed E-state index contributed by atoms with van der Waals surface area (Å²) in [5.41, 5.74) is 0.634. The van der Waals surface area contributed by atoms with E-state index >= 15 is 0 Å². The Kier molecular flexibility index (Phi) is 3.74. The minimum Gasteiger partial charge on any atom is -0.183 e. The maximum atomic E-state index is 10.8. The molecule has 0 radical (unpaired) electrons. The molecule has 0 amide bonds. The van der Waals surface area contributed by atoms with Crippen LogP contribution in [-0.4, -0.2) is 0 Å². The van der Waals surface area contributed by atoms with Gasteiger partial charge in [0.2, 0.25) is 0 Å². The lowest BCUT2D eigenvalue weighted by Crippen LogP contribution is -2.63. The van der Waals surface area contributed by atoms with Gasteiger partial charge in [-0.3, -0.25) is 0 Å². The number of hydrogen-bond donors (Lipinski definition) is 0. The SMILES string of the molecule is CC1=CSC(O[Cl+3]([O-])([O-])[O-])(c2ccccc2)S1. The van der Waals surface area contributed by atoms with E-state index in [0.29, 0.717) is 5.56 Å². The van der Waals surface area contributed by atoms with Gasteiger partial charge >= 0.3 is 4.27 Å². The van der Waals surface area contributed by atoms with Crippen LogP contribution in [-0.2, 0) is 8.55 Å².